The summed E-state index contributed by atoms with van der Waals surface area (Å²) in [5, 5.41) is 13.1. The van der Waals surface area contributed by atoms with Crippen LogP contribution in [0.1, 0.15) is 37.3 Å². The van der Waals surface area contributed by atoms with E-state index in [9.17, 15) is 9.50 Å². The monoisotopic (exact) mass is 329 g/mol. The van der Waals surface area contributed by atoms with E-state index in [0.717, 1.165) is 25.7 Å². The minimum absolute atomic E-state index is 0.0876. The molecule has 122 valence electrons. The van der Waals surface area contributed by atoms with Gasteiger partial charge >= 0.3 is 0 Å². The number of hydrogen-bond donors (Lipinski definition) is 2. The summed E-state index contributed by atoms with van der Waals surface area (Å²) in [5.74, 6) is -0.853. The Labute approximate surface area is 134 Å². The molecule has 0 bridgehead atoms. The fourth-order valence-corrected chi connectivity index (χ4v) is 3.40. The van der Waals surface area contributed by atoms with Crippen LogP contribution in [0.2, 0.25) is 5.02 Å². The largest absolute Gasteiger partial charge is 0.394 e. The molecule has 0 radical (unpaired) electrons. The summed E-state index contributed by atoms with van der Waals surface area (Å²) in [7, 11) is 0. The molecule has 0 amide bonds. The van der Waals surface area contributed by atoms with Crippen molar-refractivity contribution in [3.63, 3.8) is 0 Å². The van der Waals surface area contributed by atoms with Gasteiger partial charge in [-0.1, -0.05) is 17.7 Å². The predicted octanol–water partition coefficient (Wildman–Crippen LogP) is 2.79. The molecule has 1 saturated heterocycles. The van der Waals surface area contributed by atoms with Crippen LogP contribution in [0.5, 0.6) is 0 Å². The van der Waals surface area contributed by atoms with Crippen LogP contribution in [0, 0.1) is 5.82 Å². The molecule has 22 heavy (non-hydrogen) atoms. The maximum Gasteiger partial charge on any atom is 0.168 e. The third-order valence-corrected chi connectivity index (χ3v) is 4.83. The first-order chi connectivity index (χ1) is 10.6. The van der Waals surface area contributed by atoms with Crippen LogP contribution in [-0.2, 0) is 9.47 Å². The first kappa shape index (κ1) is 16.1. The molecule has 6 heteroatoms. The Morgan fingerprint density at radius 1 is 1.32 bits per heavy atom. The molecule has 1 heterocycles. The number of aliphatic hydroxyl groups is 1. The van der Waals surface area contributed by atoms with Gasteiger partial charge in [-0.25, -0.2) is 4.39 Å². The molecular formula is C16H21ClFNO3. The molecule has 2 N–H and O–H groups in total. The van der Waals surface area contributed by atoms with E-state index in [1.807, 2.05) is 0 Å². The van der Waals surface area contributed by atoms with Crippen LogP contribution in [0.3, 0.4) is 0 Å². The highest BCUT2D eigenvalue weighted by atomic mass is 35.5. The zero-order chi connectivity index (χ0) is 15.6. The van der Waals surface area contributed by atoms with Gasteiger partial charge in [-0.05, 0) is 30.5 Å². The Kier molecular flexibility index (Phi) is 5.00. The second-order valence-corrected chi connectivity index (χ2v) is 6.36. The molecule has 4 nitrogen and oxygen atoms in total. The van der Waals surface area contributed by atoms with Gasteiger partial charge in [0, 0.05) is 18.9 Å². The van der Waals surface area contributed by atoms with Crippen molar-refractivity contribution < 1.29 is 19.0 Å². The Bertz CT molecular complexity index is 512. The maximum absolute atomic E-state index is 13.6. The second kappa shape index (κ2) is 6.81. The lowest BCUT2D eigenvalue weighted by atomic mass is 9.89. The third kappa shape index (κ3) is 3.44. The highest BCUT2D eigenvalue weighted by Crippen LogP contribution is 2.36. The standard InChI is InChI=1S/C16H21ClFNO3/c17-13-2-1-11(9-14(13)18)15(10-20)19-12-3-5-16(6-4-12)21-7-8-22-16/h1-2,9,12,15,19-20H,3-8,10H2/t15-/m1/s1. The number of ether oxygens (including phenoxy) is 2. The van der Waals surface area contributed by atoms with Crippen LogP contribution < -0.4 is 5.32 Å². The van der Waals surface area contributed by atoms with Crippen molar-refractivity contribution in [1.82, 2.24) is 5.32 Å². The molecule has 1 aromatic carbocycles. The van der Waals surface area contributed by atoms with Gasteiger partial charge < -0.3 is 19.9 Å². The van der Waals surface area contributed by atoms with Crippen molar-refractivity contribution in [2.24, 2.45) is 0 Å². The van der Waals surface area contributed by atoms with Crippen LogP contribution in [-0.4, -0.2) is 36.8 Å². The van der Waals surface area contributed by atoms with Crippen molar-refractivity contribution in [1.29, 1.82) is 0 Å². The molecule has 0 aromatic heterocycles. The average Bonchev–Trinajstić information content (AvgIpc) is 2.98. The zero-order valence-corrected chi connectivity index (χ0v) is 13.1. The molecule has 3 rings (SSSR count). The molecule has 2 aliphatic rings. The second-order valence-electron chi connectivity index (χ2n) is 5.96. The Hall–Kier alpha value is -0.720. The maximum atomic E-state index is 13.6. The molecule has 1 aliphatic carbocycles. The Morgan fingerprint density at radius 2 is 2.00 bits per heavy atom. The van der Waals surface area contributed by atoms with E-state index < -0.39 is 5.82 Å². The van der Waals surface area contributed by atoms with Crippen molar-refractivity contribution >= 4 is 11.6 Å². The van der Waals surface area contributed by atoms with Gasteiger partial charge in [0.25, 0.3) is 0 Å². The molecule has 1 saturated carbocycles. The van der Waals surface area contributed by atoms with Crippen LogP contribution in [0.4, 0.5) is 4.39 Å². The number of benzene rings is 1. The zero-order valence-electron chi connectivity index (χ0n) is 12.4. The van der Waals surface area contributed by atoms with Crippen LogP contribution in [0.15, 0.2) is 18.2 Å². The third-order valence-electron chi connectivity index (χ3n) is 4.53. The summed E-state index contributed by atoms with van der Waals surface area (Å²) in [6, 6.07) is 4.61. The van der Waals surface area contributed by atoms with E-state index in [4.69, 9.17) is 21.1 Å². The number of nitrogens with one attached hydrogen (secondary N) is 1. The summed E-state index contributed by atoms with van der Waals surface area (Å²) in [6.45, 7) is 1.25. The normalized spacial score (nSPS) is 23.0. The molecule has 2 fully saturated rings. The van der Waals surface area contributed by atoms with Gasteiger partial charge in [0.2, 0.25) is 0 Å². The van der Waals surface area contributed by atoms with Crippen LogP contribution in [0.25, 0.3) is 0 Å². The average molecular weight is 330 g/mol. The summed E-state index contributed by atoms with van der Waals surface area (Å²) in [5.41, 5.74) is 0.707. The van der Waals surface area contributed by atoms with Crippen LogP contribution >= 0.6 is 11.6 Å². The lowest BCUT2D eigenvalue weighted by Crippen LogP contribution is -2.43. The van der Waals surface area contributed by atoms with Crippen molar-refractivity contribution in [3.8, 4) is 0 Å². The van der Waals surface area contributed by atoms with E-state index in [-0.39, 0.29) is 29.5 Å². The molecule has 1 atom stereocenters. The topological polar surface area (TPSA) is 50.7 Å². The van der Waals surface area contributed by atoms with E-state index in [0.29, 0.717) is 18.8 Å². The van der Waals surface area contributed by atoms with Gasteiger partial charge in [-0.15, -0.1) is 0 Å². The SMILES string of the molecule is OC[C@@H](NC1CCC2(CC1)OCCO2)c1ccc(Cl)c(F)c1. The van der Waals surface area contributed by atoms with Gasteiger partial charge in [-0.3, -0.25) is 0 Å². The van der Waals surface area contributed by atoms with Crippen molar-refractivity contribution in [2.75, 3.05) is 19.8 Å². The predicted molar refractivity (Wildman–Crippen MR) is 81.3 cm³/mol. The summed E-state index contributed by atoms with van der Waals surface area (Å²) < 4.78 is 25.0. The number of hydrogen-bond acceptors (Lipinski definition) is 4. The summed E-state index contributed by atoms with van der Waals surface area (Å²) >= 11 is 5.70. The quantitative estimate of drug-likeness (QED) is 0.892. The summed E-state index contributed by atoms with van der Waals surface area (Å²) in [6.07, 6.45) is 3.51. The summed E-state index contributed by atoms with van der Waals surface area (Å²) in [4.78, 5) is 0. The lowest BCUT2D eigenvalue weighted by molar-refractivity contribution is -0.179. The van der Waals surface area contributed by atoms with Gasteiger partial charge in [-0.2, -0.15) is 0 Å². The molecule has 1 aliphatic heterocycles. The molecule has 1 aromatic rings. The minimum Gasteiger partial charge on any atom is -0.394 e. The van der Waals surface area contributed by atoms with E-state index in [2.05, 4.69) is 5.32 Å². The first-order valence-electron chi connectivity index (χ1n) is 7.72. The molecular weight excluding hydrogens is 309 g/mol. The van der Waals surface area contributed by atoms with Gasteiger partial charge in [0.15, 0.2) is 5.79 Å². The first-order valence-corrected chi connectivity index (χ1v) is 8.09. The Morgan fingerprint density at radius 3 is 2.59 bits per heavy atom. The number of aliphatic hydroxyl groups excluding tert-OH is 1. The number of halogens is 2. The fraction of sp³-hybridized carbons (Fsp3) is 0.625. The lowest BCUT2D eigenvalue weighted by Gasteiger charge is -2.37. The molecule has 1 spiro atoms. The fourth-order valence-electron chi connectivity index (χ4n) is 3.28. The smallest absolute Gasteiger partial charge is 0.168 e. The van der Waals surface area contributed by atoms with E-state index >= 15 is 0 Å². The molecule has 0 unspecified atom stereocenters. The van der Waals surface area contributed by atoms with E-state index in [1.165, 1.54) is 12.1 Å². The van der Waals surface area contributed by atoms with Gasteiger partial charge in [0.1, 0.15) is 5.82 Å². The highest BCUT2D eigenvalue weighted by Gasteiger charge is 2.40. The Balaban J connectivity index is 1.60. The number of rotatable bonds is 4. The van der Waals surface area contributed by atoms with Crippen molar-refractivity contribution in [2.45, 2.75) is 43.6 Å². The van der Waals surface area contributed by atoms with Gasteiger partial charge in [0.05, 0.1) is 30.9 Å². The van der Waals surface area contributed by atoms with Crippen molar-refractivity contribution in [3.05, 3.63) is 34.6 Å². The minimum atomic E-state index is -0.463. The highest BCUT2D eigenvalue weighted by molar-refractivity contribution is 6.30. The van der Waals surface area contributed by atoms with E-state index in [1.54, 1.807) is 6.07 Å².